The van der Waals surface area contributed by atoms with Crippen molar-refractivity contribution in [3.05, 3.63) is 35.6 Å². The molecule has 6 heteroatoms. The third-order valence-electron chi connectivity index (χ3n) is 5.04. The standard InChI is InChI=1S/C18H26FN3S.HI/c1-17(7-4-10-23-17)12-21-16(20-2)22-13-18(8-9-18)14-5-3-6-15(19)11-14;/h3,5-6,11H,4,7-10,12-13H2,1-2H3,(H2,20,21,22);1H. The zero-order chi connectivity index (χ0) is 16.3. The molecule has 0 bridgehead atoms. The first-order chi connectivity index (χ1) is 11.1. The summed E-state index contributed by atoms with van der Waals surface area (Å²) >= 11 is 2.04. The highest BCUT2D eigenvalue weighted by molar-refractivity contribution is 14.0. The van der Waals surface area contributed by atoms with Crippen molar-refractivity contribution < 1.29 is 4.39 Å². The number of nitrogens with one attached hydrogen (secondary N) is 2. The van der Waals surface area contributed by atoms with Gasteiger partial charge in [-0.2, -0.15) is 11.8 Å². The van der Waals surface area contributed by atoms with E-state index in [1.54, 1.807) is 19.2 Å². The van der Waals surface area contributed by atoms with Gasteiger partial charge in [0, 0.05) is 30.3 Å². The van der Waals surface area contributed by atoms with Crippen LogP contribution in [0.4, 0.5) is 4.39 Å². The summed E-state index contributed by atoms with van der Waals surface area (Å²) in [4.78, 5) is 4.33. The van der Waals surface area contributed by atoms with E-state index in [4.69, 9.17) is 0 Å². The zero-order valence-electron chi connectivity index (χ0n) is 14.4. The van der Waals surface area contributed by atoms with Gasteiger partial charge in [0.05, 0.1) is 0 Å². The maximum atomic E-state index is 13.5. The zero-order valence-corrected chi connectivity index (χ0v) is 17.5. The molecule has 0 radical (unpaired) electrons. The van der Waals surface area contributed by atoms with E-state index >= 15 is 0 Å². The van der Waals surface area contributed by atoms with Crippen molar-refractivity contribution in [3.8, 4) is 0 Å². The fourth-order valence-corrected chi connectivity index (χ4v) is 4.50. The van der Waals surface area contributed by atoms with Crippen molar-refractivity contribution in [1.29, 1.82) is 0 Å². The number of guanidine groups is 1. The molecule has 134 valence electrons. The van der Waals surface area contributed by atoms with Crippen LogP contribution in [0.1, 0.15) is 38.2 Å². The van der Waals surface area contributed by atoms with Crippen molar-refractivity contribution in [2.45, 2.75) is 42.8 Å². The normalized spacial score (nSPS) is 25.0. The van der Waals surface area contributed by atoms with E-state index in [-0.39, 0.29) is 35.2 Å². The van der Waals surface area contributed by atoms with Crippen LogP contribution >= 0.6 is 35.7 Å². The van der Waals surface area contributed by atoms with Gasteiger partial charge in [-0.15, -0.1) is 24.0 Å². The summed E-state index contributed by atoms with van der Waals surface area (Å²) in [6.07, 6.45) is 4.77. The molecule has 1 aromatic carbocycles. The molecule has 1 saturated heterocycles. The smallest absolute Gasteiger partial charge is 0.191 e. The van der Waals surface area contributed by atoms with Gasteiger partial charge in [0.15, 0.2) is 5.96 Å². The Bertz CT molecular complexity index is 583. The highest BCUT2D eigenvalue weighted by Crippen LogP contribution is 2.47. The number of hydrogen-bond donors (Lipinski definition) is 2. The van der Waals surface area contributed by atoms with Gasteiger partial charge in [-0.25, -0.2) is 4.39 Å². The van der Waals surface area contributed by atoms with Gasteiger partial charge >= 0.3 is 0 Å². The van der Waals surface area contributed by atoms with Gasteiger partial charge in [0.2, 0.25) is 0 Å². The number of halogens is 2. The number of aliphatic imine (C=N–C) groups is 1. The molecule has 24 heavy (non-hydrogen) atoms. The molecule has 2 aliphatic rings. The van der Waals surface area contributed by atoms with Gasteiger partial charge in [0.25, 0.3) is 0 Å². The summed E-state index contributed by atoms with van der Waals surface area (Å²) < 4.78 is 13.8. The molecule has 2 fully saturated rings. The molecule has 1 aliphatic heterocycles. The Morgan fingerprint density at radius 2 is 2.00 bits per heavy atom. The first kappa shape index (κ1) is 19.8. The first-order valence-electron chi connectivity index (χ1n) is 8.40. The van der Waals surface area contributed by atoms with Gasteiger partial charge in [-0.3, -0.25) is 4.99 Å². The molecular weight excluding hydrogens is 436 g/mol. The van der Waals surface area contributed by atoms with Crippen LogP contribution in [0, 0.1) is 5.82 Å². The Morgan fingerprint density at radius 1 is 1.25 bits per heavy atom. The second kappa shape index (κ2) is 8.25. The summed E-state index contributed by atoms with van der Waals surface area (Å²) in [6, 6.07) is 7.01. The Labute approximate surface area is 165 Å². The molecule has 1 aliphatic carbocycles. The van der Waals surface area contributed by atoms with Crippen molar-refractivity contribution in [2.24, 2.45) is 4.99 Å². The molecule has 1 unspecified atom stereocenters. The molecular formula is C18H27FIN3S. The Balaban J connectivity index is 0.00000208. The molecule has 3 rings (SSSR count). The van der Waals surface area contributed by atoms with E-state index < -0.39 is 0 Å². The fourth-order valence-electron chi connectivity index (χ4n) is 3.26. The van der Waals surface area contributed by atoms with Crippen LogP contribution in [-0.2, 0) is 5.41 Å². The van der Waals surface area contributed by atoms with Crippen LogP contribution < -0.4 is 10.6 Å². The largest absolute Gasteiger partial charge is 0.356 e. The highest BCUT2D eigenvalue weighted by Gasteiger charge is 2.44. The molecule has 1 aromatic rings. The number of thioether (sulfide) groups is 1. The van der Waals surface area contributed by atoms with Gasteiger partial charge in [-0.1, -0.05) is 12.1 Å². The molecule has 0 spiro atoms. The second-order valence-corrected chi connectivity index (χ2v) is 8.65. The highest BCUT2D eigenvalue weighted by atomic mass is 127. The predicted octanol–water partition coefficient (Wildman–Crippen LogP) is 3.93. The third-order valence-corrected chi connectivity index (χ3v) is 6.58. The quantitative estimate of drug-likeness (QED) is 0.395. The van der Waals surface area contributed by atoms with E-state index in [1.165, 1.54) is 24.7 Å². The van der Waals surface area contributed by atoms with Crippen LogP contribution in [-0.4, -0.2) is 36.6 Å². The molecule has 1 heterocycles. The number of rotatable bonds is 5. The predicted molar refractivity (Wildman–Crippen MR) is 112 cm³/mol. The Morgan fingerprint density at radius 3 is 2.58 bits per heavy atom. The first-order valence-corrected chi connectivity index (χ1v) is 9.38. The van der Waals surface area contributed by atoms with Crippen LogP contribution in [0.15, 0.2) is 29.3 Å². The lowest BCUT2D eigenvalue weighted by Gasteiger charge is -2.25. The van der Waals surface area contributed by atoms with E-state index in [1.807, 2.05) is 17.8 Å². The summed E-state index contributed by atoms with van der Waals surface area (Å²) in [7, 11) is 1.81. The van der Waals surface area contributed by atoms with Gasteiger partial charge in [-0.05, 0) is 56.1 Å². The van der Waals surface area contributed by atoms with E-state index in [0.717, 1.165) is 37.5 Å². The van der Waals surface area contributed by atoms with E-state index in [0.29, 0.717) is 4.75 Å². The van der Waals surface area contributed by atoms with Crippen molar-refractivity contribution in [2.75, 3.05) is 25.9 Å². The number of nitrogens with zero attached hydrogens (tertiary/aromatic N) is 1. The summed E-state index contributed by atoms with van der Waals surface area (Å²) in [6.45, 7) is 4.06. The third kappa shape index (κ3) is 4.77. The molecule has 3 nitrogen and oxygen atoms in total. The minimum Gasteiger partial charge on any atom is -0.356 e. The Kier molecular flexibility index (Phi) is 6.82. The van der Waals surface area contributed by atoms with Crippen molar-refractivity contribution in [1.82, 2.24) is 10.6 Å². The average Bonchev–Trinajstić information content (AvgIpc) is 3.22. The summed E-state index contributed by atoms with van der Waals surface area (Å²) in [5.41, 5.74) is 1.17. The fraction of sp³-hybridized carbons (Fsp3) is 0.611. The lowest BCUT2D eigenvalue weighted by Crippen LogP contribution is -2.45. The van der Waals surface area contributed by atoms with E-state index in [2.05, 4.69) is 22.5 Å². The number of hydrogen-bond acceptors (Lipinski definition) is 2. The number of benzene rings is 1. The SMILES string of the molecule is CN=C(NCC1(C)CCCS1)NCC1(c2cccc(F)c2)CC1.I. The molecule has 2 N–H and O–H groups in total. The lowest BCUT2D eigenvalue weighted by atomic mass is 9.96. The minimum absolute atomic E-state index is 0. The summed E-state index contributed by atoms with van der Waals surface area (Å²) in [5.74, 6) is 1.95. The van der Waals surface area contributed by atoms with Crippen LogP contribution in [0.3, 0.4) is 0 Å². The van der Waals surface area contributed by atoms with E-state index in [9.17, 15) is 4.39 Å². The van der Waals surface area contributed by atoms with Crippen LogP contribution in [0.2, 0.25) is 0 Å². The lowest BCUT2D eigenvalue weighted by molar-refractivity contribution is 0.576. The van der Waals surface area contributed by atoms with Gasteiger partial charge < -0.3 is 10.6 Å². The second-order valence-electron chi connectivity index (χ2n) is 6.97. The molecule has 1 atom stereocenters. The topological polar surface area (TPSA) is 36.4 Å². The minimum atomic E-state index is -0.150. The molecule has 0 aromatic heterocycles. The van der Waals surface area contributed by atoms with Crippen molar-refractivity contribution >= 4 is 41.7 Å². The molecule has 1 saturated carbocycles. The van der Waals surface area contributed by atoms with Gasteiger partial charge in [0.1, 0.15) is 5.82 Å². The summed E-state index contributed by atoms with van der Waals surface area (Å²) in [5, 5.41) is 6.90. The Hall–Kier alpha value is -0.500. The monoisotopic (exact) mass is 463 g/mol. The maximum Gasteiger partial charge on any atom is 0.191 e. The van der Waals surface area contributed by atoms with Crippen LogP contribution in [0.25, 0.3) is 0 Å². The average molecular weight is 463 g/mol. The molecule has 0 amide bonds. The van der Waals surface area contributed by atoms with Crippen molar-refractivity contribution in [3.63, 3.8) is 0 Å². The van der Waals surface area contributed by atoms with Crippen LogP contribution in [0.5, 0.6) is 0 Å². The maximum absolute atomic E-state index is 13.5.